The lowest BCUT2D eigenvalue weighted by Crippen LogP contribution is -2.03. The summed E-state index contributed by atoms with van der Waals surface area (Å²) < 4.78 is 5.80. The van der Waals surface area contributed by atoms with Crippen LogP contribution in [-0.2, 0) is 0 Å². The predicted molar refractivity (Wildman–Crippen MR) is 71.3 cm³/mol. The Bertz CT molecular complexity index is 499. The fourth-order valence-electron chi connectivity index (χ4n) is 1.59. The first-order valence-electron chi connectivity index (χ1n) is 5.43. The van der Waals surface area contributed by atoms with Crippen molar-refractivity contribution in [3.05, 3.63) is 59.1 Å². The number of ether oxygens (including phenoxy) is 1. The summed E-state index contributed by atoms with van der Waals surface area (Å²) in [6.45, 7) is 1.98. The van der Waals surface area contributed by atoms with E-state index in [1.165, 1.54) is 0 Å². The van der Waals surface area contributed by atoms with Crippen molar-refractivity contribution in [2.24, 2.45) is 0 Å². The Balaban J connectivity index is 2.18. The van der Waals surface area contributed by atoms with Crippen LogP contribution in [0, 0.1) is 0 Å². The third kappa shape index (κ3) is 2.92. The molecule has 17 heavy (non-hydrogen) atoms. The molecule has 1 atom stereocenters. The standard InChI is InChI=1S/C14H14ClNO/c1-10(11-5-3-2-4-6-11)17-14-9-12(16)7-8-13(14)15/h2-10H,16H2,1H3. The highest BCUT2D eigenvalue weighted by Crippen LogP contribution is 2.30. The van der Waals surface area contributed by atoms with E-state index in [4.69, 9.17) is 22.1 Å². The molecular formula is C14H14ClNO. The number of benzene rings is 2. The Morgan fingerprint density at radius 1 is 1.12 bits per heavy atom. The quantitative estimate of drug-likeness (QED) is 0.830. The molecule has 0 heterocycles. The molecule has 0 aromatic heterocycles. The number of hydrogen-bond donors (Lipinski definition) is 1. The topological polar surface area (TPSA) is 35.2 Å². The molecule has 0 aliphatic rings. The largest absolute Gasteiger partial charge is 0.484 e. The Labute approximate surface area is 106 Å². The van der Waals surface area contributed by atoms with E-state index in [9.17, 15) is 0 Å². The van der Waals surface area contributed by atoms with Gasteiger partial charge in [0.2, 0.25) is 0 Å². The van der Waals surface area contributed by atoms with Crippen molar-refractivity contribution in [1.29, 1.82) is 0 Å². The Kier molecular flexibility index (Phi) is 3.55. The van der Waals surface area contributed by atoms with E-state index in [0.29, 0.717) is 16.5 Å². The Morgan fingerprint density at radius 2 is 1.82 bits per heavy atom. The lowest BCUT2D eigenvalue weighted by atomic mass is 10.1. The summed E-state index contributed by atoms with van der Waals surface area (Å²) >= 11 is 6.05. The normalized spacial score (nSPS) is 12.1. The molecule has 0 aliphatic heterocycles. The second kappa shape index (κ2) is 5.11. The number of hydrogen-bond acceptors (Lipinski definition) is 2. The average Bonchev–Trinajstić information content (AvgIpc) is 2.35. The van der Waals surface area contributed by atoms with Gasteiger partial charge in [-0.15, -0.1) is 0 Å². The van der Waals surface area contributed by atoms with E-state index in [-0.39, 0.29) is 6.10 Å². The zero-order chi connectivity index (χ0) is 12.3. The van der Waals surface area contributed by atoms with E-state index in [1.807, 2.05) is 37.3 Å². The first-order valence-corrected chi connectivity index (χ1v) is 5.81. The molecule has 0 aliphatic carbocycles. The number of nitrogens with two attached hydrogens (primary N) is 1. The molecule has 0 bridgehead atoms. The molecule has 2 nitrogen and oxygen atoms in total. The zero-order valence-electron chi connectivity index (χ0n) is 9.56. The minimum Gasteiger partial charge on any atom is -0.484 e. The number of nitrogen functional groups attached to an aromatic ring is 1. The van der Waals surface area contributed by atoms with Crippen LogP contribution >= 0.6 is 11.6 Å². The van der Waals surface area contributed by atoms with E-state index in [0.717, 1.165) is 5.56 Å². The molecule has 2 aromatic rings. The molecule has 1 unspecified atom stereocenters. The van der Waals surface area contributed by atoms with Crippen LogP contribution in [0.25, 0.3) is 0 Å². The summed E-state index contributed by atoms with van der Waals surface area (Å²) in [6.07, 6.45) is -0.0597. The van der Waals surface area contributed by atoms with Gasteiger partial charge in [-0.2, -0.15) is 0 Å². The van der Waals surface area contributed by atoms with Crippen LogP contribution in [0.15, 0.2) is 48.5 Å². The van der Waals surface area contributed by atoms with Gasteiger partial charge in [0.1, 0.15) is 11.9 Å². The summed E-state index contributed by atoms with van der Waals surface area (Å²) in [4.78, 5) is 0. The van der Waals surface area contributed by atoms with Gasteiger partial charge >= 0.3 is 0 Å². The van der Waals surface area contributed by atoms with Crippen LogP contribution < -0.4 is 10.5 Å². The van der Waals surface area contributed by atoms with E-state index >= 15 is 0 Å². The molecule has 0 saturated carbocycles. The zero-order valence-corrected chi connectivity index (χ0v) is 10.3. The van der Waals surface area contributed by atoms with Crippen LogP contribution in [-0.4, -0.2) is 0 Å². The molecule has 2 rings (SSSR count). The van der Waals surface area contributed by atoms with Gasteiger partial charge in [-0.1, -0.05) is 41.9 Å². The molecular weight excluding hydrogens is 234 g/mol. The monoisotopic (exact) mass is 247 g/mol. The maximum absolute atomic E-state index is 6.05. The number of rotatable bonds is 3. The fraction of sp³-hybridized carbons (Fsp3) is 0.143. The van der Waals surface area contributed by atoms with Crippen LogP contribution in [0.1, 0.15) is 18.6 Å². The smallest absolute Gasteiger partial charge is 0.140 e. The van der Waals surface area contributed by atoms with Crippen molar-refractivity contribution < 1.29 is 4.74 Å². The summed E-state index contributed by atoms with van der Waals surface area (Å²) in [6, 6.07) is 15.2. The van der Waals surface area contributed by atoms with Crippen molar-refractivity contribution in [3.63, 3.8) is 0 Å². The van der Waals surface area contributed by atoms with Gasteiger partial charge in [-0.25, -0.2) is 0 Å². The van der Waals surface area contributed by atoms with Crippen molar-refractivity contribution >= 4 is 17.3 Å². The molecule has 3 heteroatoms. The van der Waals surface area contributed by atoms with E-state index < -0.39 is 0 Å². The first-order chi connectivity index (χ1) is 8.16. The lowest BCUT2D eigenvalue weighted by Gasteiger charge is -2.16. The maximum atomic E-state index is 6.05. The molecule has 0 radical (unpaired) electrons. The summed E-state index contributed by atoms with van der Waals surface area (Å²) in [5.41, 5.74) is 7.45. The predicted octanol–water partition coefficient (Wildman–Crippen LogP) is 4.06. The van der Waals surface area contributed by atoms with Crippen LogP contribution in [0.3, 0.4) is 0 Å². The molecule has 2 aromatic carbocycles. The van der Waals surface area contributed by atoms with Crippen molar-refractivity contribution in [2.45, 2.75) is 13.0 Å². The minimum absolute atomic E-state index is 0.0597. The molecule has 2 N–H and O–H groups in total. The van der Waals surface area contributed by atoms with Crippen molar-refractivity contribution in [3.8, 4) is 5.75 Å². The van der Waals surface area contributed by atoms with Gasteiger partial charge in [0.05, 0.1) is 5.02 Å². The van der Waals surface area contributed by atoms with Gasteiger partial charge in [0, 0.05) is 11.8 Å². The fourth-order valence-corrected chi connectivity index (χ4v) is 1.75. The SMILES string of the molecule is CC(Oc1cc(N)ccc1Cl)c1ccccc1. The van der Waals surface area contributed by atoms with Gasteiger partial charge < -0.3 is 10.5 Å². The summed E-state index contributed by atoms with van der Waals surface area (Å²) in [7, 11) is 0. The van der Waals surface area contributed by atoms with Gasteiger partial charge in [0.15, 0.2) is 0 Å². The molecule has 0 spiro atoms. The maximum Gasteiger partial charge on any atom is 0.140 e. The third-order valence-corrected chi connectivity index (χ3v) is 2.84. The molecule has 0 fully saturated rings. The Hall–Kier alpha value is -1.67. The van der Waals surface area contributed by atoms with Crippen LogP contribution in [0.5, 0.6) is 5.75 Å². The average molecular weight is 248 g/mol. The lowest BCUT2D eigenvalue weighted by molar-refractivity contribution is 0.227. The van der Waals surface area contributed by atoms with E-state index in [2.05, 4.69) is 0 Å². The number of halogens is 1. The highest BCUT2D eigenvalue weighted by molar-refractivity contribution is 6.32. The van der Waals surface area contributed by atoms with Crippen molar-refractivity contribution in [1.82, 2.24) is 0 Å². The first kappa shape index (κ1) is 11.8. The number of anilines is 1. The molecule has 0 amide bonds. The Morgan fingerprint density at radius 3 is 2.53 bits per heavy atom. The summed E-state index contributed by atoms with van der Waals surface area (Å²) in [5, 5.41) is 0.571. The van der Waals surface area contributed by atoms with E-state index in [1.54, 1.807) is 18.2 Å². The van der Waals surface area contributed by atoms with Gasteiger partial charge in [-0.05, 0) is 24.6 Å². The van der Waals surface area contributed by atoms with Gasteiger partial charge in [0.25, 0.3) is 0 Å². The van der Waals surface area contributed by atoms with Crippen LogP contribution in [0.2, 0.25) is 5.02 Å². The second-order valence-corrected chi connectivity index (χ2v) is 4.27. The molecule has 88 valence electrons. The highest BCUT2D eigenvalue weighted by atomic mass is 35.5. The molecule has 0 saturated heterocycles. The third-order valence-electron chi connectivity index (χ3n) is 2.53. The highest BCUT2D eigenvalue weighted by Gasteiger charge is 2.09. The minimum atomic E-state index is -0.0597. The van der Waals surface area contributed by atoms with Crippen LogP contribution in [0.4, 0.5) is 5.69 Å². The van der Waals surface area contributed by atoms with Gasteiger partial charge in [-0.3, -0.25) is 0 Å². The second-order valence-electron chi connectivity index (χ2n) is 3.86. The summed E-state index contributed by atoms with van der Waals surface area (Å²) in [5.74, 6) is 0.614. The van der Waals surface area contributed by atoms with Crippen molar-refractivity contribution in [2.75, 3.05) is 5.73 Å².